The molecular weight excluding hydrogens is 330 g/mol. The quantitative estimate of drug-likeness (QED) is 0.791. The van der Waals surface area contributed by atoms with Crippen LogP contribution < -0.4 is 5.32 Å². The molecular formula is C17H20BrNS. The Labute approximate surface area is 133 Å². The summed E-state index contributed by atoms with van der Waals surface area (Å²) in [5.74, 6) is 0.602. The fraction of sp³-hybridized carbons (Fsp3) is 0.412. The van der Waals surface area contributed by atoms with E-state index in [9.17, 15) is 0 Å². The third-order valence-corrected chi connectivity index (χ3v) is 5.85. The van der Waals surface area contributed by atoms with Crippen molar-refractivity contribution in [2.24, 2.45) is 0 Å². The molecule has 1 N–H and O–H groups in total. The highest BCUT2D eigenvalue weighted by Gasteiger charge is 2.29. The van der Waals surface area contributed by atoms with Crippen LogP contribution in [0.25, 0.3) is 0 Å². The van der Waals surface area contributed by atoms with Crippen molar-refractivity contribution in [3.63, 3.8) is 0 Å². The molecule has 0 saturated heterocycles. The van der Waals surface area contributed by atoms with Gasteiger partial charge in [0.15, 0.2) is 0 Å². The van der Waals surface area contributed by atoms with Gasteiger partial charge in [-0.2, -0.15) is 0 Å². The van der Waals surface area contributed by atoms with Crippen LogP contribution in [-0.4, -0.2) is 6.54 Å². The number of rotatable bonds is 4. The zero-order valence-electron chi connectivity index (χ0n) is 11.7. The molecule has 2 atom stereocenters. The molecule has 0 fully saturated rings. The molecule has 0 radical (unpaired) electrons. The lowest BCUT2D eigenvalue weighted by Crippen LogP contribution is -2.28. The molecule has 3 rings (SSSR count). The van der Waals surface area contributed by atoms with Gasteiger partial charge < -0.3 is 5.32 Å². The zero-order chi connectivity index (χ0) is 13.9. The van der Waals surface area contributed by atoms with E-state index in [1.165, 1.54) is 27.9 Å². The highest BCUT2D eigenvalue weighted by molar-refractivity contribution is 9.11. The first-order valence-corrected chi connectivity index (χ1v) is 8.97. The van der Waals surface area contributed by atoms with Crippen molar-refractivity contribution in [1.82, 2.24) is 5.32 Å². The van der Waals surface area contributed by atoms with Gasteiger partial charge in [0.1, 0.15) is 0 Å². The maximum atomic E-state index is 3.71. The molecule has 1 aromatic carbocycles. The highest BCUT2D eigenvalue weighted by Crippen LogP contribution is 2.42. The number of hydrogen-bond donors (Lipinski definition) is 1. The van der Waals surface area contributed by atoms with Crippen LogP contribution in [0, 0.1) is 0 Å². The number of hydrogen-bond acceptors (Lipinski definition) is 2. The second-order valence-corrected chi connectivity index (χ2v) is 7.87. The molecule has 1 nitrogen and oxygen atoms in total. The summed E-state index contributed by atoms with van der Waals surface area (Å²) in [6.45, 7) is 3.21. The van der Waals surface area contributed by atoms with E-state index >= 15 is 0 Å². The molecule has 0 aliphatic heterocycles. The maximum absolute atomic E-state index is 3.71. The minimum Gasteiger partial charge on any atom is -0.309 e. The summed E-state index contributed by atoms with van der Waals surface area (Å²) >= 11 is 5.46. The van der Waals surface area contributed by atoms with Gasteiger partial charge in [-0.25, -0.2) is 0 Å². The smallest absolute Gasteiger partial charge is 0.0701 e. The van der Waals surface area contributed by atoms with Crippen LogP contribution in [0.2, 0.25) is 0 Å². The molecule has 1 aromatic heterocycles. The molecule has 0 amide bonds. The van der Waals surface area contributed by atoms with Crippen molar-refractivity contribution in [2.75, 3.05) is 6.54 Å². The average molecular weight is 350 g/mol. The average Bonchev–Trinajstić information content (AvgIpc) is 2.91. The van der Waals surface area contributed by atoms with Gasteiger partial charge in [-0.05, 0) is 65.0 Å². The van der Waals surface area contributed by atoms with Gasteiger partial charge in [0.05, 0.1) is 3.79 Å². The maximum Gasteiger partial charge on any atom is 0.0701 e. The lowest BCUT2D eigenvalue weighted by atomic mass is 9.78. The van der Waals surface area contributed by atoms with E-state index in [4.69, 9.17) is 0 Å². The molecule has 0 bridgehead atoms. The zero-order valence-corrected chi connectivity index (χ0v) is 14.1. The predicted octanol–water partition coefficient (Wildman–Crippen LogP) is 5.28. The minimum atomic E-state index is 0.442. The molecule has 1 aliphatic rings. The fourth-order valence-electron chi connectivity index (χ4n) is 3.29. The monoisotopic (exact) mass is 349 g/mol. The summed E-state index contributed by atoms with van der Waals surface area (Å²) in [6.07, 6.45) is 3.82. The van der Waals surface area contributed by atoms with Gasteiger partial charge in [0.25, 0.3) is 0 Å². The van der Waals surface area contributed by atoms with Crippen LogP contribution in [0.3, 0.4) is 0 Å². The van der Waals surface area contributed by atoms with Crippen molar-refractivity contribution in [3.8, 4) is 0 Å². The van der Waals surface area contributed by atoms with Gasteiger partial charge in [0, 0.05) is 16.8 Å². The minimum absolute atomic E-state index is 0.442. The van der Waals surface area contributed by atoms with Gasteiger partial charge in [-0.1, -0.05) is 31.2 Å². The van der Waals surface area contributed by atoms with Crippen LogP contribution in [0.4, 0.5) is 0 Å². The summed E-state index contributed by atoms with van der Waals surface area (Å²) in [5, 5.41) is 3.71. The van der Waals surface area contributed by atoms with Gasteiger partial charge >= 0.3 is 0 Å². The Hall–Kier alpha value is -0.640. The standard InChI is InChI=1S/C17H20BrNS/c1-2-19-17(15-10-11-16(18)20-15)14-9-5-7-12-6-3-4-8-13(12)14/h3-4,6,8,10-11,14,17,19H,2,5,7,9H2,1H3. The van der Waals surface area contributed by atoms with Crippen LogP contribution in [-0.2, 0) is 6.42 Å². The summed E-state index contributed by atoms with van der Waals surface area (Å²) in [6, 6.07) is 13.9. The topological polar surface area (TPSA) is 12.0 Å². The third kappa shape index (κ3) is 2.85. The Morgan fingerprint density at radius 2 is 2.15 bits per heavy atom. The number of benzene rings is 1. The molecule has 0 saturated carbocycles. The Bertz CT molecular complexity index is 578. The normalized spacial score (nSPS) is 19.6. The van der Waals surface area contributed by atoms with Crippen molar-refractivity contribution >= 4 is 27.3 Å². The molecule has 1 heterocycles. The summed E-state index contributed by atoms with van der Waals surface area (Å²) < 4.78 is 1.22. The number of likely N-dealkylation sites (N-methyl/N-ethyl adjacent to an activating group) is 1. The van der Waals surface area contributed by atoms with Crippen molar-refractivity contribution in [1.29, 1.82) is 0 Å². The Morgan fingerprint density at radius 3 is 2.90 bits per heavy atom. The first kappa shape index (κ1) is 14.3. The van der Waals surface area contributed by atoms with Crippen LogP contribution in [0.1, 0.15) is 47.7 Å². The second-order valence-electron chi connectivity index (χ2n) is 5.37. The summed E-state index contributed by atoms with van der Waals surface area (Å²) in [4.78, 5) is 1.44. The Kier molecular flexibility index (Phi) is 4.59. The first-order chi connectivity index (χ1) is 9.79. The number of thiophene rings is 1. The summed E-state index contributed by atoms with van der Waals surface area (Å²) in [5.41, 5.74) is 3.09. The fourth-order valence-corrected chi connectivity index (χ4v) is 4.86. The van der Waals surface area contributed by atoms with E-state index < -0.39 is 0 Å². The first-order valence-electron chi connectivity index (χ1n) is 7.36. The van der Waals surface area contributed by atoms with Crippen LogP contribution in [0.5, 0.6) is 0 Å². The van der Waals surface area contributed by atoms with Gasteiger partial charge in [-0.3, -0.25) is 0 Å². The number of fused-ring (bicyclic) bond motifs is 1. The lowest BCUT2D eigenvalue weighted by molar-refractivity contribution is 0.413. The molecule has 2 aromatic rings. The second kappa shape index (κ2) is 6.42. The molecule has 0 spiro atoms. The molecule has 2 unspecified atom stereocenters. The number of nitrogens with one attached hydrogen (secondary N) is 1. The van der Waals surface area contributed by atoms with E-state index in [-0.39, 0.29) is 0 Å². The van der Waals surface area contributed by atoms with E-state index in [0.717, 1.165) is 6.54 Å². The predicted molar refractivity (Wildman–Crippen MR) is 90.6 cm³/mol. The van der Waals surface area contributed by atoms with E-state index in [1.807, 2.05) is 11.3 Å². The van der Waals surface area contributed by atoms with E-state index in [1.54, 1.807) is 11.1 Å². The summed E-state index contributed by atoms with van der Waals surface area (Å²) in [7, 11) is 0. The van der Waals surface area contributed by atoms with Crippen molar-refractivity contribution in [2.45, 2.75) is 38.1 Å². The van der Waals surface area contributed by atoms with Crippen molar-refractivity contribution in [3.05, 3.63) is 56.2 Å². The van der Waals surface area contributed by atoms with E-state index in [0.29, 0.717) is 12.0 Å². The van der Waals surface area contributed by atoms with E-state index in [2.05, 4.69) is 64.6 Å². The SMILES string of the molecule is CCNC(c1ccc(Br)s1)C1CCCc2ccccc21. The Morgan fingerprint density at radius 1 is 1.30 bits per heavy atom. The molecule has 1 aliphatic carbocycles. The van der Waals surface area contributed by atoms with Crippen molar-refractivity contribution < 1.29 is 0 Å². The van der Waals surface area contributed by atoms with Gasteiger partial charge in [-0.15, -0.1) is 11.3 Å². The molecule has 3 heteroatoms. The highest BCUT2D eigenvalue weighted by atomic mass is 79.9. The van der Waals surface area contributed by atoms with Crippen LogP contribution >= 0.6 is 27.3 Å². The number of aryl methyl sites for hydroxylation is 1. The largest absolute Gasteiger partial charge is 0.309 e. The molecule has 20 heavy (non-hydrogen) atoms. The molecule has 106 valence electrons. The lowest BCUT2D eigenvalue weighted by Gasteiger charge is -2.32. The van der Waals surface area contributed by atoms with Gasteiger partial charge in [0.2, 0.25) is 0 Å². The number of halogens is 1. The Balaban J connectivity index is 1.96. The van der Waals surface area contributed by atoms with Crippen LogP contribution in [0.15, 0.2) is 40.2 Å². The third-order valence-electron chi connectivity index (χ3n) is 4.14.